The van der Waals surface area contributed by atoms with E-state index in [9.17, 15) is 0 Å². The van der Waals surface area contributed by atoms with Crippen LogP contribution < -0.4 is 4.89 Å². The molecule has 1 atom stereocenters. The Bertz CT molecular complexity index is 349. The maximum Gasteiger partial charge on any atom is 0.00120 e. The Hall–Kier alpha value is -1.03. The molecule has 0 saturated carbocycles. The van der Waals surface area contributed by atoms with E-state index in [1.807, 2.05) is 6.26 Å². The van der Waals surface area contributed by atoms with Crippen molar-refractivity contribution in [3.63, 3.8) is 0 Å². The second-order valence-corrected chi connectivity index (χ2v) is 4.39. The van der Waals surface area contributed by atoms with E-state index >= 15 is 0 Å². The highest BCUT2D eigenvalue weighted by molar-refractivity contribution is 8.14. The van der Waals surface area contributed by atoms with Gasteiger partial charge in [0.15, 0.2) is 0 Å². The molecule has 1 aliphatic heterocycles. The smallest absolute Gasteiger partial charge is 0.00120 e. The number of thiol groups is 1. The van der Waals surface area contributed by atoms with Crippen LogP contribution in [0.15, 0.2) is 48.5 Å². The summed E-state index contributed by atoms with van der Waals surface area (Å²) < 4.78 is 4.52. The van der Waals surface area contributed by atoms with Crippen LogP contribution in [0.3, 0.4) is 0 Å². The van der Waals surface area contributed by atoms with Gasteiger partial charge in [-0.1, -0.05) is 48.5 Å². The molecule has 2 aromatic carbocycles. The number of hydrogen-bond donors (Lipinski definition) is 2. The molecular weight excluding hydrogens is 194 g/mol. The highest BCUT2D eigenvalue weighted by Crippen LogP contribution is 2.28. The van der Waals surface area contributed by atoms with E-state index in [-0.39, 0.29) is 11.4 Å². The van der Waals surface area contributed by atoms with Gasteiger partial charge in [0.25, 0.3) is 0 Å². The predicted octanol–water partition coefficient (Wildman–Crippen LogP) is 2.82. The molecule has 2 aromatic rings. The number of nitrogens with one attached hydrogen (secondary N) is 1. The minimum Gasteiger partial charge on any atom is -0.230 e. The van der Waals surface area contributed by atoms with E-state index in [0.717, 1.165) is 0 Å². The first-order valence-electron chi connectivity index (χ1n) is 4.46. The molecule has 1 fully saturated rings. The van der Waals surface area contributed by atoms with Gasteiger partial charge in [-0.25, -0.2) is 4.28 Å². The summed E-state index contributed by atoms with van der Waals surface area (Å²) in [7, 11) is 0. The molecule has 2 nitrogen and oxygen atoms in total. The third kappa shape index (κ3) is 2.73. The lowest BCUT2D eigenvalue weighted by atomic mass is 10.1. The van der Waals surface area contributed by atoms with Crippen molar-refractivity contribution in [1.29, 1.82) is 0 Å². The van der Waals surface area contributed by atoms with Crippen molar-refractivity contribution in [3.05, 3.63) is 48.5 Å². The SMILES string of the molecule is C[SH]1NO1.c1ccc2ccccc2c1. The lowest BCUT2D eigenvalue weighted by Crippen LogP contribution is -1.67. The average molecular weight is 207 g/mol. The van der Waals surface area contributed by atoms with E-state index in [4.69, 9.17) is 0 Å². The molecule has 1 N–H and O–H groups in total. The molecule has 1 aliphatic rings. The largest absolute Gasteiger partial charge is 0.230 e. The zero-order valence-corrected chi connectivity index (χ0v) is 8.87. The summed E-state index contributed by atoms with van der Waals surface area (Å²) in [5.41, 5.74) is 0. The third-order valence-corrected chi connectivity index (χ3v) is 2.48. The summed E-state index contributed by atoms with van der Waals surface area (Å²) in [6.45, 7) is 0. The Labute approximate surface area is 86.5 Å². The Morgan fingerprint density at radius 3 is 1.43 bits per heavy atom. The normalized spacial score (nSPS) is 21.1. The molecule has 3 heteroatoms. The summed E-state index contributed by atoms with van der Waals surface area (Å²) >= 11 is -0.120. The van der Waals surface area contributed by atoms with Crippen molar-refractivity contribution in [1.82, 2.24) is 4.89 Å². The summed E-state index contributed by atoms with van der Waals surface area (Å²) in [5, 5.41) is 2.62. The highest BCUT2D eigenvalue weighted by Gasteiger charge is 2.06. The zero-order chi connectivity index (χ0) is 9.80. The minimum absolute atomic E-state index is 0.120. The molecule has 1 unspecified atom stereocenters. The molecule has 14 heavy (non-hydrogen) atoms. The fourth-order valence-electron chi connectivity index (χ4n) is 1.17. The van der Waals surface area contributed by atoms with Crippen LogP contribution in [0.25, 0.3) is 10.8 Å². The fraction of sp³-hybridized carbons (Fsp3) is 0.0909. The fourth-order valence-corrected chi connectivity index (χ4v) is 1.50. The molecule has 0 aromatic heterocycles. The first-order valence-corrected chi connectivity index (χ1v) is 6.17. The van der Waals surface area contributed by atoms with Crippen molar-refractivity contribution in [2.45, 2.75) is 0 Å². The van der Waals surface area contributed by atoms with Crippen molar-refractivity contribution in [2.24, 2.45) is 0 Å². The lowest BCUT2D eigenvalue weighted by Gasteiger charge is -1.92. The van der Waals surface area contributed by atoms with E-state index < -0.39 is 0 Å². The predicted molar refractivity (Wildman–Crippen MR) is 63.1 cm³/mol. The number of rotatable bonds is 0. The number of hydrogen-bond acceptors (Lipinski definition) is 2. The molecule has 1 heterocycles. The van der Waals surface area contributed by atoms with Crippen LogP contribution in [0.1, 0.15) is 0 Å². The zero-order valence-electron chi connectivity index (χ0n) is 7.97. The summed E-state index contributed by atoms with van der Waals surface area (Å²) in [6.07, 6.45) is 2.01. The van der Waals surface area contributed by atoms with Gasteiger partial charge in [0, 0.05) is 6.26 Å². The van der Waals surface area contributed by atoms with Crippen LogP contribution in [0.4, 0.5) is 0 Å². The summed E-state index contributed by atoms with van der Waals surface area (Å²) in [6, 6.07) is 16.7. The summed E-state index contributed by atoms with van der Waals surface area (Å²) in [4.78, 5) is 2.66. The first-order chi connectivity index (χ1) is 6.86. The lowest BCUT2D eigenvalue weighted by molar-refractivity contribution is 0.470. The van der Waals surface area contributed by atoms with Crippen LogP contribution in [-0.2, 0) is 4.28 Å². The van der Waals surface area contributed by atoms with Gasteiger partial charge >= 0.3 is 0 Å². The Kier molecular flexibility index (Phi) is 3.03. The van der Waals surface area contributed by atoms with E-state index in [0.29, 0.717) is 0 Å². The minimum atomic E-state index is -0.120. The molecule has 0 radical (unpaired) electrons. The van der Waals surface area contributed by atoms with E-state index in [1.54, 1.807) is 0 Å². The molecule has 0 amide bonds. The van der Waals surface area contributed by atoms with Crippen molar-refractivity contribution in [2.75, 3.05) is 6.26 Å². The van der Waals surface area contributed by atoms with Crippen LogP contribution in [-0.4, -0.2) is 6.26 Å². The van der Waals surface area contributed by atoms with Crippen LogP contribution in [0.2, 0.25) is 0 Å². The highest BCUT2D eigenvalue weighted by atomic mass is 32.2. The van der Waals surface area contributed by atoms with Gasteiger partial charge in [0.1, 0.15) is 0 Å². The Balaban J connectivity index is 0.000000157. The molecule has 74 valence electrons. The van der Waals surface area contributed by atoms with Crippen molar-refractivity contribution < 1.29 is 4.28 Å². The molecule has 0 bridgehead atoms. The first kappa shape index (κ1) is 9.52. The van der Waals surface area contributed by atoms with Gasteiger partial charge in [-0.3, -0.25) is 0 Å². The quantitative estimate of drug-likeness (QED) is 0.514. The topological polar surface area (TPSA) is 34.5 Å². The maximum absolute atomic E-state index is 4.52. The third-order valence-electron chi connectivity index (χ3n) is 1.93. The van der Waals surface area contributed by atoms with Crippen LogP contribution in [0.5, 0.6) is 0 Å². The number of fused-ring (bicyclic) bond motifs is 1. The van der Waals surface area contributed by atoms with E-state index in [1.165, 1.54) is 10.8 Å². The second kappa shape index (κ2) is 4.46. The molecule has 0 aliphatic carbocycles. The molecule has 1 saturated heterocycles. The van der Waals surface area contributed by atoms with Gasteiger partial charge in [0.05, 0.1) is 0 Å². The van der Waals surface area contributed by atoms with Gasteiger partial charge in [0.2, 0.25) is 0 Å². The standard InChI is InChI=1S/C10H8.CH5NOS/c1-2-6-10-8-4-3-7-9(10)5-1;1-4-2-3-4/h1-8H;2,4H,1H3. The van der Waals surface area contributed by atoms with E-state index in [2.05, 4.69) is 57.7 Å². The average Bonchev–Trinajstić information content (AvgIpc) is 3.02. The Morgan fingerprint density at radius 1 is 0.929 bits per heavy atom. The monoisotopic (exact) mass is 207 g/mol. The number of benzene rings is 2. The second-order valence-electron chi connectivity index (χ2n) is 3.03. The van der Waals surface area contributed by atoms with Crippen LogP contribution in [0, 0.1) is 0 Å². The van der Waals surface area contributed by atoms with Gasteiger partial charge in [-0.05, 0) is 22.1 Å². The van der Waals surface area contributed by atoms with Crippen molar-refractivity contribution in [3.8, 4) is 0 Å². The van der Waals surface area contributed by atoms with Gasteiger partial charge in [-0.2, -0.15) is 0 Å². The Morgan fingerprint density at radius 2 is 1.21 bits per heavy atom. The van der Waals surface area contributed by atoms with Gasteiger partial charge in [-0.15, -0.1) is 4.89 Å². The molecule has 0 spiro atoms. The molecule has 3 rings (SSSR count). The van der Waals surface area contributed by atoms with Gasteiger partial charge < -0.3 is 0 Å². The molecular formula is C11H13NOS. The summed E-state index contributed by atoms with van der Waals surface area (Å²) in [5.74, 6) is 0. The van der Waals surface area contributed by atoms with Crippen LogP contribution >= 0.6 is 11.4 Å². The van der Waals surface area contributed by atoms with Crippen molar-refractivity contribution >= 4 is 22.1 Å². The maximum atomic E-state index is 4.52.